The van der Waals surface area contributed by atoms with Gasteiger partial charge >= 0.3 is 0 Å². The first-order valence-corrected chi connectivity index (χ1v) is 11.2. The van der Waals surface area contributed by atoms with E-state index in [9.17, 15) is 9.59 Å². The molecule has 0 spiro atoms. The fourth-order valence-electron chi connectivity index (χ4n) is 4.24. The molecular formula is C27H24N4O3. The van der Waals surface area contributed by atoms with Gasteiger partial charge in [0.05, 0.1) is 23.9 Å². The van der Waals surface area contributed by atoms with Crippen LogP contribution in [0.15, 0.2) is 79.1 Å². The van der Waals surface area contributed by atoms with Crippen LogP contribution in [0.2, 0.25) is 0 Å². The zero-order chi connectivity index (χ0) is 23.5. The number of ether oxygens (including phenoxy) is 1. The standard InChI is InChI=1S/C27H24N4O3/c1-34-21-6-4-5-20(17-21)26(32)30-13-15-31(16-14-30)27(33)23-18-25(19-9-11-28-12-10-19)29-24-8-3-2-7-22(23)24/h2-12,17-18H,13-16H2,1H3. The van der Waals surface area contributed by atoms with Crippen LogP contribution in [0.4, 0.5) is 0 Å². The molecule has 170 valence electrons. The zero-order valence-electron chi connectivity index (χ0n) is 18.8. The summed E-state index contributed by atoms with van der Waals surface area (Å²) in [5.74, 6) is 0.539. The Labute approximate surface area is 197 Å². The third kappa shape index (κ3) is 4.20. The molecule has 0 N–H and O–H groups in total. The summed E-state index contributed by atoms with van der Waals surface area (Å²) < 4.78 is 5.23. The fraction of sp³-hybridized carbons (Fsp3) is 0.185. The maximum Gasteiger partial charge on any atom is 0.254 e. The molecule has 0 radical (unpaired) electrons. The molecule has 1 saturated heterocycles. The van der Waals surface area contributed by atoms with Crippen molar-refractivity contribution in [2.45, 2.75) is 0 Å². The summed E-state index contributed by atoms with van der Waals surface area (Å²) in [4.78, 5) is 39.0. The lowest BCUT2D eigenvalue weighted by Crippen LogP contribution is -2.50. The molecule has 0 aliphatic carbocycles. The summed E-state index contributed by atoms with van der Waals surface area (Å²) in [5.41, 5.74) is 3.61. The van der Waals surface area contributed by atoms with Gasteiger partial charge in [-0.1, -0.05) is 24.3 Å². The van der Waals surface area contributed by atoms with Gasteiger partial charge in [0, 0.05) is 55.1 Å². The number of para-hydroxylation sites is 1. The third-order valence-electron chi connectivity index (χ3n) is 6.09. The monoisotopic (exact) mass is 452 g/mol. The van der Waals surface area contributed by atoms with E-state index in [0.717, 1.165) is 22.2 Å². The normalized spacial score (nSPS) is 13.7. The van der Waals surface area contributed by atoms with Crippen molar-refractivity contribution in [2.75, 3.05) is 33.3 Å². The third-order valence-corrected chi connectivity index (χ3v) is 6.09. The van der Waals surface area contributed by atoms with E-state index in [1.807, 2.05) is 53.4 Å². The molecule has 2 aromatic carbocycles. The number of hydrogen-bond acceptors (Lipinski definition) is 5. The number of piperazine rings is 1. The van der Waals surface area contributed by atoms with Crippen molar-refractivity contribution in [1.29, 1.82) is 0 Å². The van der Waals surface area contributed by atoms with Crippen molar-refractivity contribution in [3.05, 3.63) is 90.3 Å². The van der Waals surface area contributed by atoms with Gasteiger partial charge in [-0.25, -0.2) is 4.98 Å². The Morgan fingerprint density at radius 1 is 0.824 bits per heavy atom. The van der Waals surface area contributed by atoms with E-state index in [0.29, 0.717) is 43.1 Å². The number of aromatic nitrogens is 2. The molecule has 5 rings (SSSR count). The highest BCUT2D eigenvalue weighted by molar-refractivity contribution is 6.07. The van der Waals surface area contributed by atoms with E-state index in [2.05, 4.69) is 4.98 Å². The van der Waals surface area contributed by atoms with E-state index in [4.69, 9.17) is 9.72 Å². The van der Waals surface area contributed by atoms with E-state index in [1.165, 1.54) is 0 Å². The first kappa shape index (κ1) is 21.6. The van der Waals surface area contributed by atoms with Crippen LogP contribution in [-0.4, -0.2) is 64.9 Å². The molecule has 1 aliphatic heterocycles. The van der Waals surface area contributed by atoms with Crippen molar-refractivity contribution < 1.29 is 14.3 Å². The smallest absolute Gasteiger partial charge is 0.254 e. The van der Waals surface area contributed by atoms with Crippen LogP contribution >= 0.6 is 0 Å². The van der Waals surface area contributed by atoms with Crippen LogP contribution in [0.1, 0.15) is 20.7 Å². The minimum Gasteiger partial charge on any atom is -0.497 e. The number of carbonyl (C=O) groups excluding carboxylic acids is 2. The van der Waals surface area contributed by atoms with Gasteiger partial charge in [0.25, 0.3) is 11.8 Å². The van der Waals surface area contributed by atoms with Crippen LogP contribution in [0, 0.1) is 0 Å². The van der Waals surface area contributed by atoms with Gasteiger partial charge in [-0.3, -0.25) is 14.6 Å². The Kier molecular flexibility index (Phi) is 5.91. The lowest BCUT2D eigenvalue weighted by atomic mass is 10.0. The minimum atomic E-state index is -0.0552. The van der Waals surface area contributed by atoms with Crippen LogP contribution < -0.4 is 4.74 Å². The molecule has 2 amide bonds. The van der Waals surface area contributed by atoms with Crippen LogP contribution in [0.3, 0.4) is 0 Å². The maximum absolute atomic E-state index is 13.6. The van der Waals surface area contributed by atoms with Gasteiger partial charge in [0.2, 0.25) is 0 Å². The van der Waals surface area contributed by atoms with Crippen molar-refractivity contribution in [3.63, 3.8) is 0 Å². The van der Waals surface area contributed by atoms with E-state index in [1.54, 1.807) is 42.6 Å². The maximum atomic E-state index is 13.6. The van der Waals surface area contributed by atoms with Gasteiger partial charge in [-0.15, -0.1) is 0 Å². The Morgan fingerprint density at radius 3 is 2.26 bits per heavy atom. The molecule has 0 saturated carbocycles. The fourth-order valence-corrected chi connectivity index (χ4v) is 4.24. The Bertz CT molecular complexity index is 1350. The number of amides is 2. The summed E-state index contributed by atoms with van der Waals surface area (Å²) in [5, 5.41) is 0.820. The predicted molar refractivity (Wildman–Crippen MR) is 130 cm³/mol. The SMILES string of the molecule is COc1cccc(C(=O)N2CCN(C(=O)c3cc(-c4ccncc4)nc4ccccc34)CC2)c1. The van der Waals surface area contributed by atoms with Crippen LogP contribution in [0.5, 0.6) is 5.75 Å². The molecule has 34 heavy (non-hydrogen) atoms. The summed E-state index contributed by atoms with van der Waals surface area (Å²) >= 11 is 0. The number of hydrogen-bond donors (Lipinski definition) is 0. The van der Waals surface area contributed by atoms with Gasteiger partial charge < -0.3 is 14.5 Å². The molecule has 0 unspecified atom stereocenters. The van der Waals surface area contributed by atoms with Crippen molar-refractivity contribution in [1.82, 2.24) is 19.8 Å². The number of methoxy groups -OCH3 is 1. The molecule has 0 bridgehead atoms. The summed E-state index contributed by atoms with van der Waals surface area (Å²) in [6, 6.07) is 20.4. The average Bonchev–Trinajstić information content (AvgIpc) is 2.92. The van der Waals surface area contributed by atoms with Crippen molar-refractivity contribution >= 4 is 22.7 Å². The number of pyridine rings is 2. The summed E-state index contributed by atoms with van der Waals surface area (Å²) in [6.45, 7) is 1.88. The van der Waals surface area contributed by atoms with E-state index >= 15 is 0 Å². The first-order valence-electron chi connectivity index (χ1n) is 11.2. The molecule has 0 atom stereocenters. The highest BCUT2D eigenvalue weighted by Gasteiger charge is 2.27. The molecule has 7 nitrogen and oxygen atoms in total. The molecule has 4 aromatic rings. The Morgan fingerprint density at radius 2 is 1.53 bits per heavy atom. The molecule has 1 aliphatic rings. The van der Waals surface area contributed by atoms with Gasteiger partial charge in [0.15, 0.2) is 0 Å². The Hall–Kier alpha value is -4.26. The zero-order valence-corrected chi connectivity index (χ0v) is 18.8. The number of carbonyl (C=O) groups is 2. The highest BCUT2D eigenvalue weighted by Crippen LogP contribution is 2.26. The molecule has 7 heteroatoms. The predicted octanol–water partition coefficient (Wildman–Crippen LogP) is 3.90. The second kappa shape index (κ2) is 9.31. The van der Waals surface area contributed by atoms with Gasteiger partial charge in [0.1, 0.15) is 5.75 Å². The number of rotatable bonds is 4. The lowest BCUT2D eigenvalue weighted by Gasteiger charge is -2.35. The lowest BCUT2D eigenvalue weighted by molar-refractivity contribution is 0.0536. The van der Waals surface area contributed by atoms with Crippen LogP contribution in [0.25, 0.3) is 22.2 Å². The number of fused-ring (bicyclic) bond motifs is 1. The van der Waals surface area contributed by atoms with E-state index < -0.39 is 0 Å². The topological polar surface area (TPSA) is 75.6 Å². The average molecular weight is 453 g/mol. The number of benzene rings is 2. The largest absolute Gasteiger partial charge is 0.497 e. The number of nitrogens with zero attached hydrogens (tertiary/aromatic N) is 4. The minimum absolute atomic E-state index is 0.0533. The molecule has 2 aromatic heterocycles. The van der Waals surface area contributed by atoms with Crippen molar-refractivity contribution in [2.24, 2.45) is 0 Å². The summed E-state index contributed by atoms with van der Waals surface area (Å²) in [6.07, 6.45) is 3.43. The molecular weight excluding hydrogens is 428 g/mol. The highest BCUT2D eigenvalue weighted by atomic mass is 16.5. The van der Waals surface area contributed by atoms with Crippen LogP contribution in [-0.2, 0) is 0 Å². The second-order valence-electron chi connectivity index (χ2n) is 8.12. The van der Waals surface area contributed by atoms with Crippen molar-refractivity contribution in [3.8, 4) is 17.0 Å². The molecule has 3 heterocycles. The summed E-state index contributed by atoms with van der Waals surface area (Å²) in [7, 11) is 1.58. The van der Waals surface area contributed by atoms with Gasteiger partial charge in [-0.2, -0.15) is 0 Å². The van der Waals surface area contributed by atoms with E-state index in [-0.39, 0.29) is 11.8 Å². The molecule has 1 fully saturated rings. The second-order valence-corrected chi connectivity index (χ2v) is 8.12. The Balaban J connectivity index is 1.37. The first-order chi connectivity index (χ1) is 16.6. The van der Waals surface area contributed by atoms with Gasteiger partial charge in [-0.05, 0) is 42.5 Å². The quantitative estimate of drug-likeness (QED) is 0.469.